The molecule has 0 aliphatic carbocycles. The number of hydrogen-bond donors (Lipinski definition) is 0. The Labute approximate surface area is 77.1 Å². The van der Waals surface area contributed by atoms with Crippen molar-refractivity contribution in [2.45, 2.75) is 13.2 Å². The molecule has 68 valence electrons. The zero-order chi connectivity index (χ0) is 9.52. The molecule has 13 heavy (non-hydrogen) atoms. The van der Waals surface area contributed by atoms with Gasteiger partial charge in [0.1, 0.15) is 0 Å². The number of hydrogen-bond acceptors (Lipinski definition) is 3. The molecule has 0 saturated carbocycles. The minimum Gasteiger partial charge on any atom is -0.380 e. The Morgan fingerprint density at radius 3 is 2.46 bits per heavy atom. The fourth-order valence-corrected chi connectivity index (χ4v) is 1.03. The van der Waals surface area contributed by atoms with Gasteiger partial charge in [0.15, 0.2) is 0 Å². The molecule has 3 heteroatoms. The van der Waals surface area contributed by atoms with Crippen molar-refractivity contribution in [1.82, 2.24) is 0 Å². The summed E-state index contributed by atoms with van der Waals surface area (Å²) >= 11 is 0. The third-order valence-corrected chi connectivity index (χ3v) is 1.66. The van der Waals surface area contributed by atoms with Crippen LogP contribution in [0.3, 0.4) is 0 Å². The fraction of sp³-hybridized carbons (Fsp3) is 0.300. The highest BCUT2D eigenvalue weighted by Gasteiger charge is 1.92. The second-order valence-corrected chi connectivity index (χ2v) is 2.66. The topological polar surface area (TPSA) is 38.7 Å². The summed E-state index contributed by atoms with van der Waals surface area (Å²) in [5.74, 6) is 0. The van der Waals surface area contributed by atoms with E-state index in [0.717, 1.165) is 11.1 Å². The molecule has 3 nitrogen and oxygen atoms in total. The van der Waals surface area contributed by atoms with Crippen molar-refractivity contribution in [2.75, 3.05) is 7.11 Å². The molecule has 0 aromatic heterocycles. The fourth-order valence-electron chi connectivity index (χ4n) is 1.03. The molecule has 1 aromatic rings. The van der Waals surface area contributed by atoms with Gasteiger partial charge in [0.05, 0.1) is 13.2 Å². The summed E-state index contributed by atoms with van der Waals surface area (Å²) in [5, 5.41) is 0. The van der Waals surface area contributed by atoms with Gasteiger partial charge >= 0.3 is 0 Å². The standard InChI is InChI=1S/C10H11NO2/c1-13-7-10-4-2-9(3-5-10)6-11-8-12/h2-5H,6-7H2,1H3. The van der Waals surface area contributed by atoms with Crippen LogP contribution in [-0.4, -0.2) is 13.2 Å². The van der Waals surface area contributed by atoms with Gasteiger partial charge in [0.2, 0.25) is 6.08 Å². The molecule has 0 spiro atoms. The number of aliphatic imine (C=N–C) groups is 1. The first kappa shape index (κ1) is 9.65. The second kappa shape index (κ2) is 5.25. The van der Waals surface area contributed by atoms with Crippen molar-refractivity contribution < 1.29 is 9.53 Å². The van der Waals surface area contributed by atoms with Crippen molar-refractivity contribution in [3.63, 3.8) is 0 Å². The Morgan fingerprint density at radius 2 is 1.92 bits per heavy atom. The molecular weight excluding hydrogens is 166 g/mol. The summed E-state index contributed by atoms with van der Waals surface area (Å²) in [4.78, 5) is 13.3. The highest BCUT2D eigenvalue weighted by atomic mass is 16.5. The Morgan fingerprint density at radius 1 is 1.31 bits per heavy atom. The van der Waals surface area contributed by atoms with Crippen molar-refractivity contribution in [2.24, 2.45) is 4.99 Å². The number of rotatable bonds is 4. The van der Waals surface area contributed by atoms with Crippen LogP contribution in [0.25, 0.3) is 0 Å². The number of ether oxygens (including phenoxy) is 1. The van der Waals surface area contributed by atoms with Gasteiger partial charge in [-0.2, -0.15) is 0 Å². The zero-order valence-corrected chi connectivity index (χ0v) is 7.49. The van der Waals surface area contributed by atoms with E-state index in [9.17, 15) is 4.79 Å². The highest BCUT2D eigenvalue weighted by Crippen LogP contribution is 2.05. The summed E-state index contributed by atoms with van der Waals surface area (Å²) in [6, 6.07) is 7.77. The van der Waals surface area contributed by atoms with E-state index >= 15 is 0 Å². The van der Waals surface area contributed by atoms with Crippen molar-refractivity contribution >= 4 is 6.08 Å². The van der Waals surface area contributed by atoms with E-state index in [1.807, 2.05) is 24.3 Å². The van der Waals surface area contributed by atoms with Gasteiger partial charge in [-0.3, -0.25) is 0 Å². The van der Waals surface area contributed by atoms with Crippen molar-refractivity contribution in [3.8, 4) is 0 Å². The first-order valence-corrected chi connectivity index (χ1v) is 3.97. The van der Waals surface area contributed by atoms with E-state index in [2.05, 4.69) is 4.99 Å². The molecule has 0 saturated heterocycles. The monoisotopic (exact) mass is 177 g/mol. The van der Waals surface area contributed by atoms with Crippen LogP contribution in [0.1, 0.15) is 11.1 Å². The Bertz CT molecular complexity index is 299. The molecule has 0 aliphatic rings. The minimum atomic E-state index is 0.400. The number of carbonyl (C=O) groups excluding carboxylic acids is 1. The van der Waals surface area contributed by atoms with Crippen LogP contribution in [0, 0.1) is 0 Å². The van der Waals surface area contributed by atoms with Gasteiger partial charge < -0.3 is 4.74 Å². The van der Waals surface area contributed by atoms with Crippen LogP contribution < -0.4 is 0 Å². The molecule has 0 radical (unpaired) electrons. The number of methoxy groups -OCH3 is 1. The van der Waals surface area contributed by atoms with Gasteiger partial charge in [-0.15, -0.1) is 0 Å². The van der Waals surface area contributed by atoms with E-state index < -0.39 is 0 Å². The number of benzene rings is 1. The maximum absolute atomic E-state index is 9.84. The Balaban J connectivity index is 2.63. The molecule has 0 atom stereocenters. The third-order valence-electron chi connectivity index (χ3n) is 1.66. The maximum atomic E-state index is 9.84. The van der Waals surface area contributed by atoms with E-state index in [1.54, 1.807) is 7.11 Å². The third kappa shape index (κ3) is 3.20. The summed E-state index contributed by atoms with van der Waals surface area (Å²) in [5.41, 5.74) is 2.12. The summed E-state index contributed by atoms with van der Waals surface area (Å²) < 4.78 is 4.96. The molecule has 0 heterocycles. The number of nitrogens with zero attached hydrogens (tertiary/aromatic N) is 1. The van der Waals surface area contributed by atoms with Gasteiger partial charge in [0, 0.05) is 7.11 Å². The first-order valence-electron chi connectivity index (χ1n) is 3.97. The molecule has 0 fully saturated rings. The van der Waals surface area contributed by atoms with Gasteiger partial charge in [-0.1, -0.05) is 24.3 Å². The predicted molar refractivity (Wildman–Crippen MR) is 49.0 cm³/mol. The molecule has 1 aromatic carbocycles. The smallest absolute Gasteiger partial charge is 0.235 e. The van der Waals surface area contributed by atoms with E-state index in [-0.39, 0.29) is 0 Å². The molecule has 0 aliphatic heterocycles. The average Bonchev–Trinajstić information content (AvgIpc) is 2.17. The van der Waals surface area contributed by atoms with Gasteiger partial charge in [-0.05, 0) is 11.1 Å². The second-order valence-electron chi connectivity index (χ2n) is 2.66. The Hall–Kier alpha value is -1.44. The lowest BCUT2D eigenvalue weighted by molar-refractivity contribution is 0.185. The van der Waals surface area contributed by atoms with E-state index in [0.29, 0.717) is 13.2 Å². The van der Waals surface area contributed by atoms with Crippen LogP contribution >= 0.6 is 0 Å². The Kier molecular flexibility index (Phi) is 3.89. The quantitative estimate of drug-likeness (QED) is 0.518. The summed E-state index contributed by atoms with van der Waals surface area (Å²) in [7, 11) is 1.66. The summed E-state index contributed by atoms with van der Waals surface area (Å²) in [6.45, 7) is 1.01. The number of isocyanates is 1. The SMILES string of the molecule is COCc1ccc(CN=C=O)cc1. The molecule has 1 rings (SSSR count). The van der Waals surface area contributed by atoms with Crippen molar-refractivity contribution in [1.29, 1.82) is 0 Å². The van der Waals surface area contributed by atoms with Crippen LogP contribution in [0.2, 0.25) is 0 Å². The lowest BCUT2D eigenvalue weighted by atomic mass is 10.1. The lowest BCUT2D eigenvalue weighted by Crippen LogP contribution is -1.88. The predicted octanol–water partition coefficient (Wildman–Crippen LogP) is 1.67. The molecule has 0 amide bonds. The van der Waals surface area contributed by atoms with E-state index in [4.69, 9.17) is 4.74 Å². The molecule has 0 bridgehead atoms. The van der Waals surface area contributed by atoms with Crippen LogP contribution in [0.5, 0.6) is 0 Å². The average molecular weight is 177 g/mol. The van der Waals surface area contributed by atoms with Gasteiger partial charge in [0.25, 0.3) is 0 Å². The maximum Gasteiger partial charge on any atom is 0.235 e. The summed E-state index contributed by atoms with van der Waals surface area (Å²) in [6.07, 6.45) is 1.51. The molecule has 0 unspecified atom stereocenters. The van der Waals surface area contributed by atoms with Crippen LogP contribution in [0.15, 0.2) is 29.3 Å². The largest absolute Gasteiger partial charge is 0.380 e. The molecule has 0 N–H and O–H groups in total. The normalized spacial score (nSPS) is 9.31. The van der Waals surface area contributed by atoms with Crippen molar-refractivity contribution in [3.05, 3.63) is 35.4 Å². The molecular formula is C10H11NO2. The zero-order valence-electron chi connectivity index (χ0n) is 7.49. The van der Waals surface area contributed by atoms with E-state index in [1.165, 1.54) is 6.08 Å². The minimum absolute atomic E-state index is 0.400. The highest BCUT2D eigenvalue weighted by molar-refractivity contribution is 5.34. The van der Waals surface area contributed by atoms with Gasteiger partial charge in [-0.25, -0.2) is 9.79 Å². The van der Waals surface area contributed by atoms with Crippen LogP contribution in [-0.2, 0) is 22.7 Å². The lowest BCUT2D eigenvalue weighted by Gasteiger charge is -1.99. The van der Waals surface area contributed by atoms with Crippen LogP contribution in [0.4, 0.5) is 0 Å². The first-order chi connectivity index (χ1) is 6.36.